The molecule has 0 aliphatic carbocycles. The van der Waals surface area contributed by atoms with Crippen molar-refractivity contribution in [2.45, 2.75) is 37.3 Å². The van der Waals surface area contributed by atoms with Crippen LogP contribution in [0, 0.1) is 0 Å². The fourth-order valence-corrected chi connectivity index (χ4v) is 2.21. The van der Waals surface area contributed by atoms with Gasteiger partial charge in [-0.2, -0.15) is 0 Å². The van der Waals surface area contributed by atoms with Crippen LogP contribution in [0.5, 0.6) is 0 Å². The molecule has 102 valence electrons. The number of aliphatic hydroxyl groups is 1. The van der Waals surface area contributed by atoms with Crippen molar-refractivity contribution >= 4 is 9.84 Å². The van der Waals surface area contributed by atoms with E-state index in [-0.39, 0.29) is 12.1 Å². The Morgan fingerprint density at radius 3 is 2.28 bits per heavy atom. The maximum Gasteiger partial charge on any atom is 0.175 e. The highest BCUT2D eigenvalue weighted by molar-refractivity contribution is 7.90. The molecule has 0 fully saturated rings. The lowest BCUT2D eigenvalue weighted by atomic mass is 10.1. The van der Waals surface area contributed by atoms with Crippen molar-refractivity contribution < 1.29 is 13.5 Å². The van der Waals surface area contributed by atoms with Crippen LogP contribution >= 0.6 is 0 Å². The Kier molecular flexibility index (Phi) is 5.31. The first-order valence-corrected chi connectivity index (χ1v) is 7.95. The average Bonchev–Trinajstić information content (AvgIpc) is 2.34. The minimum Gasteiger partial charge on any atom is -0.392 e. The smallest absolute Gasteiger partial charge is 0.175 e. The first-order valence-electron chi connectivity index (χ1n) is 6.06. The van der Waals surface area contributed by atoms with Crippen LogP contribution in [-0.2, 0) is 9.84 Å². The topological polar surface area (TPSA) is 66.4 Å². The maximum atomic E-state index is 11.3. The number of nitrogens with one attached hydrogen (secondary N) is 1. The van der Waals surface area contributed by atoms with Gasteiger partial charge in [-0.25, -0.2) is 8.42 Å². The summed E-state index contributed by atoms with van der Waals surface area (Å²) >= 11 is 0. The Morgan fingerprint density at radius 2 is 1.83 bits per heavy atom. The van der Waals surface area contributed by atoms with Crippen LogP contribution in [0.4, 0.5) is 0 Å². The van der Waals surface area contributed by atoms with Gasteiger partial charge < -0.3 is 10.4 Å². The number of hydrogen-bond donors (Lipinski definition) is 2. The molecular weight excluding hydrogens is 250 g/mol. The van der Waals surface area contributed by atoms with E-state index in [4.69, 9.17) is 0 Å². The molecule has 0 spiro atoms. The Balaban J connectivity index is 2.68. The second-order valence-corrected chi connectivity index (χ2v) is 6.55. The third kappa shape index (κ3) is 4.40. The molecular formula is C13H21NO3S. The second kappa shape index (κ2) is 6.31. The van der Waals surface area contributed by atoms with Crippen molar-refractivity contribution in [1.82, 2.24) is 5.32 Å². The van der Waals surface area contributed by atoms with Crippen LogP contribution in [0.3, 0.4) is 0 Å². The van der Waals surface area contributed by atoms with Gasteiger partial charge in [-0.1, -0.05) is 19.1 Å². The Bertz CT molecular complexity index is 468. The third-order valence-corrected chi connectivity index (χ3v) is 4.07. The van der Waals surface area contributed by atoms with Gasteiger partial charge in [0.1, 0.15) is 0 Å². The minimum atomic E-state index is -3.14. The summed E-state index contributed by atoms with van der Waals surface area (Å²) in [5.74, 6) is 0. The van der Waals surface area contributed by atoms with Gasteiger partial charge in [0.2, 0.25) is 0 Å². The molecule has 0 amide bonds. The monoisotopic (exact) mass is 271 g/mol. The largest absolute Gasteiger partial charge is 0.392 e. The first kappa shape index (κ1) is 15.1. The molecule has 2 N–H and O–H groups in total. The molecule has 0 aromatic heterocycles. The average molecular weight is 271 g/mol. The molecule has 0 saturated carbocycles. The first-order chi connectivity index (χ1) is 8.34. The molecule has 0 radical (unpaired) electrons. The summed E-state index contributed by atoms with van der Waals surface area (Å²) in [4.78, 5) is 0.326. The maximum absolute atomic E-state index is 11.3. The standard InChI is InChI=1S/C13H21NO3S/c1-4-12(15)9-14-10(2)11-5-7-13(8-6-11)18(3,16)17/h5-8,10,12,14-15H,4,9H2,1-3H3. The molecule has 18 heavy (non-hydrogen) atoms. The van der Waals surface area contributed by atoms with Crippen LogP contribution in [0.2, 0.25) is 0 Å². The zero-order valence-electron chi connectivity index (χ0n) is 11.1. The van der Waals surface area contributed by atoms with Crippen molar-refractivity contribution in [2.75, 3.05) is 12.8 Å². The Labute approximate surface area is 109 Å². The molecule has 0 bridgehead atoms. The van der Waals surface area contributed by atoms with Crippen molar-refractivity contribution in [2.24, 2.45) is 0 Å². The summed E-state index contributed by atoms with van der Waals surface area (Å²) in [7, 11) is -3.14. The highest BCUT2D eigenvalue weighted by atomic mass is 32.2. The number of rotatable bonds is 6. The summed E-state index contributed by atoms with van der Waals surface area (Å²) in [5.41, 5.74) is 1.01. The van der Waals surface area contributed by atoms with Crippen LogP contribution in [-0.4, -0.2) is 32.4 Å². The van der Waals surface area contributed by atoms with E-state index in [9.17, 15) is 13.5 Å². The van der Waals surface area contributed by atoms with Crippen LogP contribution < -0.4 is 5.32 Å². The van der Waals surface area contributed by atoms with Crippen molar-refractivity contribution in [3.8, 4) is 0 Å². The molecule has 2 atom stereocenters. The van der Waals surface area contributed by atoms with Gasteiger partial charge in [0.05, 0.1) is 11.0 Å². The minimum absolute atomic E-state index is 0.0832. The SMILES string of the molecule is CCC(O)CNC(C)c1ccc(S(C)(=O)=O)cc1. The third-order valence-electron chi connectivity index (χ3n) is 2.94. The van der Waals surface area contributed by atoms with Crippen molar-refractivity contribution in [3.63, 3.8) is 0 Å². The number of benzene rings is 1. The lowest BCUT2D eigenvalue weighted by Crippen LogP contribution is -2.28. The van der Waals surface area contributed by atoms with E-state index in [1.165, 1.54) is 6.26 Å². The quantitative estimate of drug-likeness (QED) is 0.823. The molecule has 0 aliphatic heterocycles. The molecule has 1 aromatic rings. The van der Waals surface area contributed by atoms with E-state index in [0.29, 0.717) is 17.9 Å². The van der Waals surface area contributed by atoms with E-state index in [1.54, 1.807) is 24.3 Å². The fourth-order valence-electron chi connectivity index (χ4n) is 1.58. The number of sulfone groups is 1. The van der Waals surface area contributed by atoms with E-state index in [0.717, 1.165) is 5.56 Å². The molecule has 0 aliphatic rings. The van der Waals surface area contributed by atoms with Crippen LogP contribution in [0.25, 0.3) is 0 Å². The predicted molar refractivity (Wildman–Crippen MR) is 72.3 cm³/mol. The molecule has 1 aromatic carbocycles. The van der Waals surface area contributed by atoms with E-state index < -0.39 is 9.84 Å². The summed E-state index contributed by atoms with van der Waals surface area (Å²) in [6.07, 6.45) is 1.57. The lowest BCUT2D eigenvalue weighted by Gasteiger charge is -2.16. The molecule has 5 heteroatoms. The van der Waals surface area contributed by atoms with Gasteiger partial charge in [-0.15, -0.1) is 0 Å². The number of aliphatic hydroxyl groups excluding tert-OH is 1. The normalized spacial score (nSPS) is 15.3. The van der Waals surface area contributed by atoms with Gasteiger partial charge in [-0.3, -0.25) is 0 Å². The van der Waals surface area contributed by atoms with E-state index in [1.807, 2.05) is 13.8 Å². The summed E-state index contributed by atoms with van der Waals surface area (Å²) < 4.78 is 22.6. The highest BCUT2D eigenvalue weighted by Crippen LogP contribution is 2.16. The van der Waals surface area contributed by atoms with Crippen LogP contribution in [0.15, 0.2) is 29.2 Å². The van der Waals surface area contributed by atoms with Gasteiger partial charge in [0, 0.05) is 18.8 Å². The van der Waals surface area contributed by atoms with E-state index >= 15 is 0 Å². The second-order valence-electron chi connectivity index (χ2n) is 4.53. The van der Waals surface area contributed by atoms with Crippen molar-refractivity contribution in [1.29, 1.82) is 0 Å². The Hall–Kier alpha value is -0.910. The summed E-state index contributed by atoms with van der Waals surface area (Å²) in [6, 6.07) is 6.90. The van der Waals surface area contributed by atoms with Gasteiger partial charge in [-0.05, 0) is 31.0 Å². The van der Waals surface area contributed by atoms with Crippen molar-refractivity contribution in [3.05, 3.63) is 29.8 Å². The summed E-state index contributed by atoms with van der Waals surface area (Å²) in [5, 5.41) is 12.7. The molecule has 4 nitrogen and oxygen atoms in total. The fraction of sp³-hybridized carbons (Fsp3) is 0.538. The van der Waals surface area contributed by atoms with Gasteiger partial charge in [0.25, 0.3) is 0 Å². The van der Waals surface area contributed by atoms with Crippen LogP contribution in [0.1, 0.15) is 31.9 Å². The predicted octanol–water partition coefficient (Wildman–Crippen LogP) is 1.51. The Morgan fingerprint density at radius 1 is 1.28 bits per heavy atom. The lowest BCUT2D eigenvalue weighted by molar-refractivity contribution is 0.164. The van der Waals surface area contributed by atoms with E-state index in [2.05, 4.69) is 5.32 Å². The van der Waals surface area contributed by atoms with Gasteiger partial charge >= 0.3 is 0 Å². The van der Waals surface area contributed by atoms with Gasteiger partial charge in [0.15, 0.2) is 9.84 Å². The highest BCUT2D eigenvalue weighted by Gasteiger charge is 2.10. The molecule has 0 heterocycles. The zero-order chi connectivity index (χ0) is 13.8. The summed E-state index contributed by atoms with van der Waals surface area (Å²) in [6.45, 7) is 4.45. The number of hydrogen-bond acceptors (Lipinski definition) is 4. The molecule has 1 rings (SSSR count). The molecule has 2 unspecified atom stereocenters. The molecule has 0 saturated heterocycles. The zero-order valence-corrected chi connectivity index (χ0v) is 11.9.